The summed E-state index contributed by atoms with van der Waals surface area (Å²) in [5.74, 6) is -0.536. The van der Waals surface area contributed by atoms with Gasteiger partial charge in [-0.1, -0.05) is 12.1 Å². The van der Waals surface area contributed by atoms with Gasteiger partial charge in [-0.15, -0.1) is 0 Å². The molecular weight excluding hydrogens is 462 g/mol. The Hall–Kier alpha value is -2.98. The van der Waals surface area contributed by atoms with Crippen molar-refractivity contribution in [2.75, 3.05) is 11.3 Å². The fraction of sp³-hybridized carbons (Fsp3) is 0.105. The highest BCUT2D eigenvalue weighted by molar-refractivity contribution is 9.10. The molecule has 0 radical (unpaired) electrons. The van der Waals surface area contributed by atoms with Crippen LogP contribution in [-0.4, -0.2) is 31.2 Å². The monoisotopic (exact) mass is 477 g/mol. The molecule has 29 heavy (non-hydrogen) atoms. The molecule has 0 aliphatic rings. The van der Waals surface area contributed by atoms with E-state index in [1.54, 1.807) is 31.2 Å². The minimum atomic E-state index is -3.93. The van der Waals surface area contributed by atoms with Crippen molar-refractivity contribution < 1.29 is 17.9 Å². The van der Waals surface area contributed by atoms with Crippen LogP contribution >= 0.6 is 15.9 Å². The molecule has 0 aliphatic heterocycles. The van der Waals surface area contributed by atoms with Gasteiger partial charge in [-0.25, -0.2) is 18.3 Å². The third-order valence-corrected chi connectivity index (χ3v) is 6.18. The van der Waals surface area contributed by atoms with Gasteiger partial charge in [-0.2, -0.15) is 5.10 Å². The van der Waals surface area contributed by atoms with Gasteiger partial charge in [0.1, 0.15) is 4.90 Å². The maximum Gasteiger partial charge on any atom is 0.338 e. The van der Waals surface area contributed by atoms with Crippen LogP contribution in [0.2, 0.25) is 0 Å². The highest BCUT2D eigenvalue weighted by atomic mass is 79.9. The van der Waals surface area contributed by atoms with Crippen LogP contribution in [0.25, 0.3) is 11.3 Å². The molecule has 0 aliphatic carbocycles. The van der Waals surface area contributed by atoms with Gasteiger partial charge in [0, 0.05) is 21.8 Å². The molecule has 1 heterocycles. The number of H-pyrrole nitrogens is 1. The third-order valence-electron chi connectivity index (χ3n) is 3.82. The molecule has 0 unspecified atom stereocenters. The van der Waals surface area contributed by atoms with Gasteiger partial charge < -0.3 is 4.74 Å². The highest BCUT2D eigenvalue weighted by Gasteiger charge is 2.20. The van der Waals surface area contributed by atoms with E-state index < -0.39 is 16.0 Å². The number of aromatic nitrogens is 2. The van der Waals surface area contributed by atoms with Crippen molar-refractivity contribution in [3.8, 4) is 11.3 Å². The molecule has 8 nitrogen and oxygen atoms in total. The predicted octanol–water partition coefficient (Wildman–Crippen LogP) is 3.18. The van der Waals surface area contributed by atoms with E-state index >= 15 is 0 Å². The summed E-state index contributed by atoms with van der Waals surface area (Å²) < 4.78 is 33.2. The van der Waals surface area contributed by atoms with Crippen LogP contribution in [0.15, 0.2) is 68.8 Å². The lowest BCUT2D eigenvalue weighted by Crippen LogP contribution is -2.14. The van der Waals surface area contributed by atoms with E-state index in [9.17, 15) is 18.0 Å². The van der Waals surface area contributed by atoms with Crippen LogP contribution in [0.4, 0.5) is 5.69 Å². The molecule has 0 bridgehead atoms. The second-order valence-electron chi connectivity index (χ2n) is 5.86. The molecule has 0 saturated heterocycles. The van der Waals surface area contributed by atoms with E-state index in [0.29, 0.717) is 16.9 Å². The van der Waals surface area contributed by atoms with Gasteiger partial charge in [0.25, 0.3) is 15.6 Å². The van der Waals surface area contributed by atoms with E-state index in [2.05, 4.69) is 30.8 Å². The number of hydrogen-bond acceptors (Lipinski definition) is 6. The zero-order chi connectivity index (χ0) is 21.0. The number of sulfonamides is 1. The van der Waals surface area contributed by atoms with Crippen molar-refractivity contribution >= 4 is 37.6 Å². The topological polar surface area (TPSA) is 118 Å². The first-order valence-corrected chi connectivity index (χ1v) is 10.7. The Bertz CT molecular complexity index is 1200. The fourth-order valence-corrected chi connectivity index (χ4v) is 4.65. The lowest BCUT2D eigenvalue weighted by molar-refractivity contribution is 0.0526. The Labute approximate surface area is 175 Å². The highest BCUT2D eigenvalue weighted by Crippen LogP contribution is 2.27. The summed E-state index contributed by atoms with van der Waals surface area (Å²) >= 11 is 3.20. The first-order chi connectivity index (χ1) is 13.8. The van der Waals surface area contributed by atoms with Crippen molar-refractivity contribution in [3.05, 3.63) is 75.0 Å². The van der Waals surface area contributed by atoms with Crippen LogP contribution in [0.5, 0.6) is 0 Å². The Morgan fingerprint density at radius 3 is 2.62 bits per heavy atom. The van der Waals surface area contributed by atoms with Gasteiger partial charge in [0.2, 0.25) is 0 Å². The van der Waals surface area contributed by atoms with E-state index in [-0.39, 0.29) is 27.1 Å². The smallest absolute Gasteiger partial charge is 0.338 e. The summed E-state index contributed by atoms with van der Waals surface area (Å²) in [6.45, 7) is 1.91. The van der Waals surface area contributed by atoms with Crippen LogP contribution in [0, 0.1) is 0 Å². The van der Waals surface area contributed by atoms with Gasteiger partial charge in [0.15, 0.2) is 0 Å². The summed E-state index contributed by atoms with van der Waals surface area (Å²) in [5, 5.41) is 6.27. The third kappa shape index (κ3) is 4.90. The number of rotatable bonds is 6. The van der Waals surface area contributed by atoms with Crippen LogP contribution in [0.3, 0.4) is 0 Å². The number of hydrogen-bond donors (Lipinski definition) is 2. The minimum absolute atomic E-state index is 0.0295. The van der Waals surface area contributed by atoms with Crippen molar-refractivity contribution in [2.45, 2.75) is 11.8 Å². The summed E-state index contributed by atoms with van der Waals surface area (Å²) in [6.07, 6.45) is 0. The number of nitrogens with one attached hydrogen (secondary N) is 2. The molecule has 3 rings (SSSR count). The molecule has 3 aromatic rings. The number of aromatic amines is 1. The van der Waals surface area contributed by atoms with Crippen LogP contribution in [0.1, 0.15) is 17.3 Å². The standard InChI is InChI=1S/C19H16BrN3O5S/c1-2-28-19(25)13-6-8-17(15(20)11-13)29(26,27)23-14-5-3-4-12(10-14)16-7-9-18(24)22-21-16/h3-11,23H,2H2,1H3,(H,22,24). The second-order valence-corrected chi connectivity index (χ2v) is 8.36. The largest absolute Gasteiger partial charge is 0.462 e. The van der Waals surface area contributed by atoms with E-state index in [4.69, 9.17) is 4.74 Å². The number of carbonyl (C=O) groups excluding carboxylic acids is 1. The maximum absolute atomic E-state index is 12.8. The molecule has 0 fully saturated rings. The van der Waals surface area contributed by atoms with E-state index in [0.717, 1.165) is 0 Å². The summed E-state index contributed by atoms with van der Waals surface area (Å²) in [5.41, 5.74) is 1.34. The van der Waals surface area contributed by atoms with Gasteiger partial charge in [-0.3, -0.25) is 9.52 Å². The maximum atomic E-state index is 12.8. The number of esters is 1. The molecule has 0 atom stereocenters. The Morgan fingerprint density at radius 2 is 1.97 bits per heavy atom. The number of carbonyl (C=O) groups is 1. The zero-order valence-electron chi connectivity index (χ0n) is 15.2. The predicted molar refractivity (Wildman–Crippen MR) is 111 cm³/mol. The second kappa shape index (κ2) is 8.58. The fourth-order valence-electron chi connectivity index (χ4n) is 2.52. The average Bonchev–Trinajstić information content (AvgIpc) is 2.68. The average molecular weight is 478 g/mol. The number of ether oxygens (including phenoxy) is 1. The SMILES string of the molecule is CCOC(=O)c1ccc(S(=O)(=O)Nc2cccc(-c3ccc(=O)[nH]n3)c2)c(Br)c1. The lowest BCUT2D eigenvalue weighted by Gasteiger charge is -2.11. The molecule has 0 spiro atoms. The van der Waals surface area contributed by atoms with Crippen molar-refractivity contribution in [2.24, 2.45) is 0 Å². The lowest BCUT2D eigenvalue weighted by atomic mass is 10.1. The zero-order valence-corrected chi connectivity index (χ0v) is 17.6. The number of nitrogens with zero attached hydrogens (tertiary/aromatic N) is 1. The van der Waals surface area contributed by atoms with Crippen LogP contribution in [-0.2, 0) is 14.8 Å². The van der Waals surface area contributed by atoms with E-state index in [1.165, 1.54) is 30.3 Å². The number of halogens is 1. The molecular formula is C19H16BrN3O5S. The molecule has 2 N–H and O–H groups in total. The summed E-state index contributed by atoms with van der Waals surface area (Å²) in [4.78, 5) is 22.9. The number of benzene rings is 2. The minimum Gasteiger partial charge on any atom is -0.462 e. The molecule has 1 aromatic heterocycles. The summed E-state index contributed by atoms with van der Waals surface area (Å²) in [6, 6.07) is 13.6. The van der Waals surface area contributed by atoms with Gasteiger partial charge >= 0.3 is 5.97 Å². The van der Waals surface area contributed by atoms with Crippen molar-refractivity contribution in [1.29, 1.82) is 0 Å². The first kappa shape index (κ1) is 20.7. The number of anilines is 1. The van der Waals surface area contributed by atoms with Crippen molar-refractivity contribution in [3.63, 3.8) is 0 Å². The Morgan fingerprint density at radius 1 is 1.17 bits per heavy atom. The summed E-state index contributed by atoms with van der Waals surface area (Å²) in [7, 11) is -3.93. The Kier molecular flexibility index (Phi) is 6.14. The van der Waals surface area contributed by atoms with E-state index in [1.807, 2.05) is 0 Å². The molecule has 2 aromatic carbocycles. The van der Waals surface area contributed by atoms with Crippen LogP contribution < -0.4 is 10.3 Å². The van der Waals surface area contributed by atoms with Gasteiger partial charge in [0.05, 0.1) is 17.9 Å². The molecule has 10 heteroatoms. The molecule has 0 amide bonds. The first-order valence-electron chi connectivity index (χ1n) is 8.46. The Balaban J connectivity index is 1.88. The normalized spacial score (nSPS) is 11.1. The quantitative estimate of drug-likeness (QED) is 0.526. The van der Waals surface area contributed by atoms with Gasteiger partial charge in [-0.05, 0) is 59.3 Å². The molecule has 0 saturated carbocycles. The molecule has 150 valence electrons. The van der Waals surface area contributed by atoms with Crippen molar-refractivity contribution in [1.82, 2.24) is 10.2 Å².